The van der Waals surface area contributed by atoms with Crippen molar-refractivity contribution in [3.63, 3.8) is 0 Å². The fourth-order valence-electron chi connectivity index (χ4n) is 2.74. The highest BCUT2D eigenvalue weighted by molar-refractivity contribution is 7.48. The Kier molecular flexibility index (Phi) is 4.99. The summed E-state index contributed by atoms with van der Waals surface area (Å²) in [5, 5.41) is 20.2. The van der Waals surface area contributed by atoms with Gasteiger partial charge in [-0.25, -0.2) is 13.8 Å². The van der Waals surface area contributed by atoms with Gasteiger partial charge in [-0.2, -0.15) is 0 Å². The number of phosphoric ester groups is 1. The number of nitrogens with one attached hydrogen (secondary N) is 1. The molecular formula is C15H22FN2O9P. The largest absolute Gasteiger partial charge is 0.476 e. The highest BCUT2D eigenvalue weighted by Crippen LogP contribution is 2.65. The maximum atomic E-state index is 15.1. The topological polar surface area (TPSA) is 149 Å². The van der Waals surface area contributed by atoms with Crippen LogP contribution in [0.25, 0.3) is 0 Å². The van der Waals surface area contributed by atoms with Crippen LogP contribution in [0.3, 0.4) is 0 Å². The minimum Gasteiger partial charge on any atom is -0.385 e. The minimum atomic E-state index is -4.19. The number of H-pyrrole nitrogens is 1. The third-order valence-corrected chi connectivity index (χ3v) is 6.85. The molecular weight excluding hydrogens is 402 g/mol. The summed E-state index contributed by atoms with van der Waals surface area (Å²) in [5.74, 6) is -3.03. The van der Waals surface area contributed by atoms with Crippen molar-refractivity contribution >= 4 is 7.82 Å². The van der Waals surface area contributed by atoms with E-state index in [0.29, 0.717) is 4.57 Å². The zero-order valence-electron chi connectivity index (χ0n) is 15.6. The van der Waals surface area contributed by atoms with Crippen LogP contribution < -0.4 is 11.2 Å². The normalized spacial score (nSPS) is 35.9. The Balaban J connectivity index is 1.78. The number of hydrogen-bond acceptors (Lipinski definition) is 9. The lowest BCUT2D eigenvalue weighted by Gasteiger charge is -2.28. The number of ether oxygens (including phenoxy) is 1. The van der Waals surface area contributed by atoms with Crippen molar-refractivity contribution < 1.29 is 37.5 Å². The first kappa shape index (κ1) is 21.3. The molecule has 3 heterocycles. The maximum Gasteiger partial charge on any atom is 0.476 e. The molecule has 2 aliphatic heterocycles. The summed E-state index contributed by atoms with van der Waals surface area (Å²) in [5.41, 5.74) is -3.70. The van der Waals surface area contributed by atoms with E-state index in [1.807, 2.05) is 4.98 Å². The van der Waals surface area contributed by atoms with Gasteiger partial charge < -0.3 is 14.9 Å². The summed E-state index contributed by atoms with van der Waals surface area (Å²) in [4.78, 5) is 24.9. The molecule has 4 atom stereocenters. The van der Waals surface area contributed by atoms with Crippen LogP contribution in [0.4, 0.5) is 4.39 Å². The Bertz CT molecular complexity index is 909. The Morgan fingerprint density at radius 2 is 1.82 bits per heavy atom. The van der Waals surface area contributed by atoms with Crippen LogP contribution in [0.5, 0.6) is 0 Å². The van der Waals surface area contributed by atoms with Crippen LogP contribution in [0.1, 0.15) is 33.9 Å². The number of aromatic nitrogens is 2. The number of rotatable bonds is 4. The van der Waals surface area contributed by atoms with Gasteiger partial charge >= 0.3 is 13.5 Å². The van der Waals surface area contributed by atoms with Crippen molar-refractivity contribution in [2.45, 2.75) is 63.2 Å². The molecule has 0 spiro atoms. The number of aromatic amines is 1. The fraction of sp³-hybridized carbons (Fsp3) is 0.733. The average Bonchev–Trinajstić information content (AvgIpc) is 2.87. The van der Waals surface area contributed by atoms with E-state index in [0.717, 1.165) is 12.3 Å². The highest BCUT2D eigenvalue weighted by atomic mass is 31.2. The molecule has 0 aliphatic carbocycles. The van der Waals surface area contributed by atoms with Gasteiger partial charge in [0.25, 0.3) is 11.4 Å². The van der Waals surface area contributed by atoms with Gasteiger partial charge in [0.2, 0.25) is 0 Å². The summed E-state index contributed by atoms with van der Waals surface area (Å²) >= 11 is 0. The van der Waals surface area contributed by atoms with Gasteiger partial charge in [-0.1, -0.05) is 0 Å². The average molecular weight is 424 g/mol. The molecule has 0 radical (unpaired) electrons. The van der Waals surface area contributed by atoms with E-state index in [-0.39, 0.29) is 0 Å². The van der Waals surface area contributed by atoms with E-state index in [2.05, 4.69) is 0 Å². The Labute approximate surface area is 158 Å². The van der Waals surface area contributed by atoms with E-state index in [9.17, 15) is 24.4 Å². The Morgan fingerprint density at radius 1 is 1.25 bits per heavy atom. The van der Waals surface area contributed by atoms with Crippen LogP contribution in [0.15, 0.2) is 21.9 Å². The molecule has 1 aromatic heterocycles. The number of halogens is 1. The van der Waals surface area contributed by atoms with Gasteiger partial charge in [-0.3, -0.25) is 27.9 Å². The molecule has 0 aromatic carbocycles. The number of aliphatic hydroxyl groups is 2. The molecule has 2 aliphatic rings. The second kappa shape index (κ2) is 6.56. The summed E-state index contributed by atoms with van der Waals surface area (Å²) in [6.07, 6.45) is -4.71. The molecule has 2 saturated heterocycles. The van der Waals surface area contributed by atoms with Gasteiger partial charge in [0.15, 0.2) is 6.23 Å². The lowest BCUT2D eigenvalue weighted by Crippen LogP contribution is -2.43. The van der Waals surface area contributed by atoms with E-state index in [1.165, 1.54) is 0 Å². The monoisotopic (exact) mass is 424 g/mol. The number of hydrogen-bond donors (Lipinski definition) is 3. The molecule has 0 saturated carbocycles. The molecule has 0 bridgehead atoms. The van der Waals surface area contributed by atoms with Crippen molar-refractivity contribution in [2.24, 2.45) is 0 Å². The number of phosphoric acid groups is 1. The summed E-state index contributed by atoms with van der Waals surface area (Å²) in [6.45, 7) is 5.35. The van der Waals surface area contributed by atoms with Gasteiger partial charge in [0, 0.05) is 12.3 Å². The molecule has 3 N–H and O–H groups in total. The number of alkyl halides is 1. The summed E-state index contributed by atoms with van der Waals surface area (Å²) in [6, 6.07) is 0.959. The van der Waals surface area contributed by atoms with Crippen molar-refractivity contribution in [2.75, 3.05) is 6.61 Å². The highest BCUT2D eigenvalue weighted by Gasteiger charge is 2.60. The van der Waals surface area contributed by atoms with Crippen molar-refractivity contribution in [1.29, 1.82) is 0 Å². The molecule has 158 valence electrons. The molecule has 11 nitrogen and oxygen atoms in total. The molecule has 2 fully saturated rings. The molecule has 3 rings (SSSR count). The van der Waals surface area contributed by atoms with E-state index < -0.39 is 61.2 Å². The SMILES string of the molecule is CC1(C)OP(=O)(OC[C@@]2(F)O[C@@H](n3ccc(=O)[nH]c3=O)[C@H](O)[C@@H]2O)OC1(C)C. The number of nitrogens with zero attached hydrogens (tertiary/aromatic N) is 1. The van der Waals surface area contributed by atoms with Crippen LogP contribution in [-0.4, -0.2) is 55.6 Å². The molecule has 0 amide bonds. The molecule has 0 unspecified atom stereocenters. The Hall–Kier alpha value is -1.40. The first-order valence-electron chi connectivity index (χ1n) is 8.40. The number of aliphatic hydroxyl groups excluding tert-OH is 2. The summed E-state index contributed by atoms with van der Waals surface area (Å²) < 4.78 is 49.1. The van der Waals surface area contributed by atoms with Crippen LogP contribution >= 0.6 is 7.82 Å². The van der Waals surface area contributed by atoms with Crippen molar-refractivity contribution in [3.05, 3.63) is 33.1 Å². The third-order valence-electron chi connectivity index (χ3n) is 5.05. The van der Waals surface area contributed by atoms with Gasteiger partial charge in [0.05, 0.1) is 0 Å². The predicted molar refractivity (Wildman–Crippen MR) is 91.2 cm³/mol. The zero-order chi connectivity index (χ0) is 21.1. The van der Waals surface area contributed by atoms with Gasteiger partial charge in [-0.15, -0.1) is 0 Å². The maximum absolute atomic E-state index is 15.1. The van der Waals surface area contributed by atoms with E-state index in [1.54, 1.807) is 27.7 Å². The molecule has 1 aromatic rings. The van der Waals surface area contributed by atoms with E-state index >= 15 is 4.39 Å². The first-order chi connectivity index (χ1) is 12.7. The lowest BCUT2D eigenvalue weighted by molar-refractivity contribution is -0.205. The van der Waals surface area contributed by atoms with Gasteiger partial charge in [0.1, 0.15) is 30.0 Å². The summed E-state index contributed by atoms with van der Waals surface area (Å²) in [7, 11) is -4.19. The Morgan fingerprint density at radius 3 is 2.36 bits per heavy atom. The second-order valence-corrected chi connectivity index (χ2v) is 9.19. The zero-order valence-corrected chi connectivity index (χ0v) is 16.5. The first-order valence-corrected chi connectivity index (χ1v) is 9.86. The smallest absolute Gasteiger partial charge is 0.385 e. The molecule has 28 heavy (non-hydrogen) atoms. The van der Waals surface area contributed by atoms with Crippen LogP contribution in [-0.2, 0) is 22.9 Å². The van der Waals surface area contributed by atoms with Crippen molar-refractivity contribution in [1.82, 2.24) is 9.55 Å². The van der Waals surface area contributed by atoms with Crippen LogP contribution in [0.2, 0.25) is 0 Å². The molecule has 13 heteroatoms. The lowest BCUT2D eigenvalue weighted by atomic mass is 9.90. The second-order valence-electron chi connectivity index (χ2n) is 7.67. The van der Waals surface area contributed by atoms with E-state index in [4.69, 9.17) is 18.3 Å². The third kappa shape index (κ3) is 3.50. The predicted octanol–water partition coefficient (Wildman–Crippen LogP) is 0.182. The van der Waals surface area contributed by atoms with Gasteiger partial charge in [-0.05, 0) is 27.7 Å². The quantitative estimate of drug-likeness (QED) is 0.576. The van der Waals surface area contributed by atoms with Crippen LogP contribution in [0, 0.1) is 0 Å². The van der Waals surface area contributed by atoms with Crippen molar-refractivity contribution in [3.8, 4) is 0 Å². The standard InChI is InChI=1S/C15H22FN2O9P/c1-13(2)14(3,4)27-28(23,26-13)24-7-15(16)10(21)9(20)11(25-15)18-6-5-8(19)17-12(18)22/h5-6,9-11,20-21H,7H2,1-4H3,(H,17,19,22)/t9-,10+,11-,15-/m1/s1. The minimum absolute atomic E-state index is 0.702. The fourth-order valence-corrected chi connectivity index (χ4v) is 4.77.